The molecule has 1 unspecified atom stereocenters. The minimum absolute atomic E-state index is 0.400. The van der Waals surface area contributed by atoms with E-state index in [1.54, 1.807) is 0 Å². The Labute approximate surface area is 201 Å². The van der Waals surface area contributed by atoms with E-state index in [2.05, 4.69) is 53.7 Å². The Balaban J connectivity index is 1.61. The molecule has 1 atom stereocenters. The van der Waals surface area contributed by atoms with E-state index in [9.17, 15) is 0 Å². The normalized spacial score (nSPS) is 18.8. The fourth-order valence-electron chi connectivity index (χ4n) is 5.12. The van der Waals surface area contributed by atoms with Crippen LogP contribution in [0.2, 0.25) is 5.02 Å². The van der Waals surface area contributed by atoms with Gasteiger partial charge in [-0.05, 0) is 76.9 Å². The number of anilines is 1. The van der Waals surface area contributed by atoms with Crippen molar-refractivity contribution in [1.82, 2.24) is 15.1 Å². The second-order valence-electron chi connectivity index (χ2n) is 9.16. The fraction of sp³-hybridized carbons (Fsp3) is 0.370. The summed E-state index contributed by atoms with van der Waals surface area (Å²) in [7, 11) is 0. The van der Waals surface area contributed by atoms with Crippen LogP contribution in [0.4, 0.5) is 5.69 Å². The molecule has 3 heterocycles. The zero-order valence-electron chi connectivity index (χ0n) is 19.4. The van der Waals surface area contributed by atoms with Crippen LogP contribution in [0.15, 0.2) is 61.1 Å². The number of para-hydroxylation sites is 1. The molecule has 0 bridgehead atoms. The molecule has 1 fully saturated rings. The van der Waals surface area contributed by atoms with Crippen LogP contribution in [0.3, 0.4) is 0 Å². The van der Waals surface area contributed by atoms with E-state index < -0.39 is 0 Å². The van der Waals surface area contributed by atoms with Gasteiger partial charge in [0.25, 0.3) is 0 Å². The number of fused-ring (bicyclic) bond motifs is 1. The number of halogens is 1. The lowest BCUT2D eigenvalue weighted by Gasteiger charge is -2.38. The maximum absolute atomic E-state index is 6.58. The predicted molar refractivity (Wildman–Crippen MR) is 135 cm³/mol. The second kappa shape index (κ2) is 9.24. The van der Waals surface area contributed by atoms with Crippen molar-refractivity contribution in [3.8, 4) is 22.6 Å². The average Bonchev–Trinajstić information content (AvgIpc) is 3.31. The molecule has 2 aromatic carbocycles. The third-order valence-corrected chi connectivity index (χ3v) is 7.12. The van der Waals surface area contributed by atoms with E-state index >= 15 is 0 Å². The Morgan fingerprint density at radius 1 is 1.15 bits per heavy atom. The molecule has 5 nitrogen and oxygen atoms in total. The topological polar surface area (TPSA) is 42.3 Å². The van der Waals surface area contributed by atoms with Crippen molar-refractivity contribution in [2.24, 2.45) is 0 Å². The van der Waals surface area contributed by atoms with E-state index in [-0.39, 0.29) is 0 Å². The van der Waals surface area contributed by atoms with Crippen LogP contribution in [-0.2, 0) is 6.42 Å². The van der Waals surface area contributed by atoms with Crippen LogP contribution in [0.1, 0.15) is 44.7 Å². The van der Waals surface area contributed by atoms with Gasteiger partial charge < -0.3 is 15.0 Å². The van der Waals surface area contributed by atoms with E-state index in [1.807, 2.05) is 30.5 Å². The summed E-state index contributed by atoms with van der Waals surface area (Å²) < 4.78 is 8.70. The first kappa shape index (κ1) is 22.1. The number of aromatic nitrogens is 2. The van der Waals surface area contributed by atoms with Crippen molar-refractivity contribution in [1.29, 1.82) is 0 Å². The molecule has 0 spiro atoms. The number of hydrogen-bond acceptors (Lipinski definition) is 4. The molecule has 6 heteroatoms. The van der Waals surface area contributed by atoms with Crippen LogP contribution >= 0.6 is 11.6 Å². The fourth-order valence-corrected chi connectivity index (χ4v) is 5.29. The molecule has 33 heavy (non-hydrogen) atoms. The molecule has 172 valence electrons. The number of rotatable bonds is 5. The highest BCUT2D eigenvalue weighted by Gasteiger charge is 2.29. The Bertz CT molecular complexity index is 1160. The number of benzene rings is 2. The molecule has 1 saturated heterocycles. The van der Waals surface area contributed by atoms with Gasteiger partial charge in [-0.3, -0.25) is 4.68 Å². The lowest BCUT2D eigenvalue weighted by molar-refractivity contribution is 0.343. The summed E-state index contributed by atoms with van der Waals surface area (Å²) in [5, 5.41) is 8.77. The number of allylic oxidation sites excluding steroid dienone is 1. The molecule has 2 aliphatic heterocycles. The molecule has 0 aliphatic carbocycles. The molecule has 0 radical (unpaired) electrons. The van der Waals surface area contributed by atoms with Crippen LogP contribution in [0.25, 0.3) is 11.1 Å². The van der Waals surface area contributed by atoms with Gasteiger partial charge in [0.2, 0.25) is 0 Å². The lowest BCUT2D eigenvalue weighted by Crippen LogP contribution is -2.35. The maximum Gasteiger partial charge on any atom is 0.146 e. The molecule has 1 N–H and O–H groups in total. The van der Waals surface area contributed by atoms with Gasteiger partial charge in [-0.15, -0.1) is 0 Å². The van der Waals surface area contributed by atoms with Gasteiger partial charge in [0.1, 0.15) is 11.5 Å². The summed E-state index contributed by atoms with van der Waals surface area (Å²) in [5.74, 6) is 1.53. The minimum atomic E-state index is 0.400. The molecule has 0 amide bonds. The molecule has 0 saturated carbocycles. The first-order valence-electron chi connectivity index (χ1n) is 11.8. The highest BCUT2D eigenvalue weighted by atomic mass is 35.5. The van der Waals surface area contributed by atoms with Crippen molar-refractivity contribution in [3.05, 3.63) is 71.7 Å². The van der Waals surface area contributed by atoms with Crippen LogP contribution in [0.5, 0.6) is 11.5 Å². The van der Waals surface area contributed by atoms with Crippen LogP contribution < -0.4 is 15.0 Å². The summed E-state index contributed by atoms with van der Waals surface area (Å²) in [6.07, 6.45) is 8.30. The standard InChI is InChI=1S/C27H31ClN4O/c1-18(2)32-19(3)8-9-23-25(32)11-10-22(27(23)33-26-7-5-4-6-24(26)28)20-16-30-31(17-20)21-12-14-29-15-13-21/h4-7,10-11,16-17,19,21,29H,1,8-9,12-15H2,2-3H3. The van der Waals surface area contributed by atoms with Crippen molar-refractivity contribution in [2.75, 3.05) is 18.0 Å². The molecule has 2 aliphatic rings. The Kier molecular flexibility index (Phi) is 6.17. The molecular weight excluding hydrogens is 432 g/mol. The number of nitrogens with one attached hydrogen (secondary N) is 1. The lowest BCUT2D eigenvalue weighted by atomic mass is 9.92. The molecule has 1 aromatic heterocycles. The summed E-state index contributed by atoms with van der Waals surface area (Å²) in [6, 6.07) is 12.9. The van der Waals surface area contributed by atoms with E-state index in [4.69, 9.17) is 21.4 Å². The zero-order chi connectivity index (χ0) is 22.9. The van der Waals surface area contributed by atoms with Crippen molar-refractivity contribution in [2.45, 2.75) is 51.6 Å². The van der Waals surface area contributed by atoms with Gasteiger partial charge in [0.15, 0.2) is 0 Å². The van der Waals surface area contributed by atoms with Crippen molar-refractivity contribution >= 4 is 17.3 Å². The first-order valence-corrected chi connectivity index (χ1v) is 12.2. The van der Waals surface area contributed by atoms with Gasteiger partial charge in [-0.1, -0.05) is 30.3 Å². The summed E-state index contributed by atoms with van der Waals surface area (Å²) in [4.78, 5) is 2.32. The first-order chi connectivity index (χ1) is 16.0. The van der Waals surface area contributed by atoms with Crippen LogP contribution in [-0.4, -0.2) is 28.9 Å². The number of hydrogen-bond donors (Lipinski definition) is 1. The monoisotopic (exact) mass is 462 g/mol. The highest BCUT2D eigenvalue weighted by Crippen LogP contribution is 2.46. The van der Waals surface area contributed by atoms with Crippen molar-refractivity contribution in [3.63, 3.8) is 0 Å². The summed E-state index contributed by atoms with van der Waals surface area (Å²) in [6.45, 7) is 10.6. The largest absolute Gasteiger partial charge is 0.455 e. The van der Waals surface area contributed by atoms with Crippen LogP contribution in [0, 0.1) is 0 Å². The average molecular weight is 463 g/mol. The summed E-state index contributed by atoms with van der Waals surface area (Å²) >= 11 is 6.49. The van der Waals surface area contributed by atoms with Crippen molar-refractivity contribution < 1.29 is 4.74 Å². The van der Waals surface area contributed by atoms with Gasteiger partial charge in [0, 0.05) is 40.3 Å². The quantitative estimate of drug-likeness (QED) is 0.464. The number of nitrogens with zero attached hydrogens (tertiary/aromatic N) is 3. The third-order valence-electron chi connectivity index (χ3n) is 6.80. The van der Waals surface area contributed by atoms with E-state index in [0.717, 1.165) is 67.0 Å². The smallest absolute Gasteiger partial charge is 0.146 e. The van der Waals surface area contributed by atoms with Gasteiger partial charge in [-0.2, -0.15) is 5.10 Å². The third kappa shape index (κ3) is 4.28. The van der Waals surface area contributed by atoms with E-state index in [0.29, 0.717) is 22.9 Å². The predicted octanol–water partition coefficient (Wildman–Crippen LogP) is 6.60. The Hall–Kier alpha value is -2.76. The molecule has 5 rings (SSSR count). The number of ether oxygens (including phenoxy) is 1. The Morgan fingerprint density at radius 2 is 1.94 bits per heavy atom. The SMILES string of the molecule is C=C(C)N1c2ccc(-c3cnn(C4CCNCC4)c3)c(Oc3ccccc3Cl)c2CCC1C. The highest BCUT2D eigenvalue weighted by molar-refractivity contribution is 6.32. The van der Waals surface area contributed by atoms with Gasteiger partial charge >= 0.3 is 0 Å². The van der Waals surface area contributed by atoms with Gasteiger partial charge in [0.05, 0.1) is 17.3 Å². The zero-order valence-corrected chi connectivity index (χ0v) is 20.1. The summed E-state index contributed by atoms with van der Waals surface area (Å²) in [5.41, 5.74) is 5.52. The van der Waals surface area contributed by atoms with E-state index in [1.165, 1.54) is 5.56 Å². The second-order valence-corrected chi connectivity index (χ2v) is 9.56. The minimum Gasteiger partial charge on any atom is -0.455 e. The maximum atomic E-state index is 6.58. The Morgan fingerprint density at radius 3 is 2.70 bits per heavy atom. The number of piperidine rings is 1. The molecular formula is C27H31ClN4O. The van der Waals surface area contributed by atoms with Gasteiger partial charge in [-0.25, -0.2) is 0 Å². The molecule has 3 aromatic rings.